The van der Waals surface area contributed by atoms with E-state index in [1.54, 1.807) is 0 Å². The molecule has 1 unspecified atom stereocenters. The minimum absolute atomic E-state index is 0.476. The third-order valence-electron chi connectivity index (χ3n) is 3.18. The Kier molecular flexibility index (Phi) is 4.99. The number of rotatable bonds is 6. The Morgan fingerprint density at radius 3 is 2.32 bits per heavy atom. The van der Waals surface area contributed by atoms with Gasteiger partial charge >= 0.3 is 0 Å². The van der Waals surface area contributed by atoms with E-state index in [2.05, 4.69) is 24.4 Å². The maximum atomic E-state index is 10.1. The summed E-state index contributed by atoms with van der Waals surface area (Å²) in [5.41, 5.74) is 3.32. The first-order chi connectivity index (χ1) is 9.29. The van der Waals surface area contributed by atoms with Gasteiger partial charge in [0.15, 0.2) is 0 Å². The fourth-order valence-corrected chi connectivity index (χ4v) is 2.08. The molecule has 0 heterocycles. The summed E-state index contributed by atoms with van der Waals surface area (Å²) in [6.07, 6.45) is 1.77. The number of hydrogen-bond acceptors (Lipinski definition) is 2. The molecule has 0 aliphatic carbocycles. The lowest BCUT2D eigenvalue weighted by Crippen LogP contribution is -2.12. The quantitative estimate of drug-likeness (QED) is 0.823. The van der Waals surface area contributed by atoms with Gasteiger partial charge in [-0.05, 0) is 29.7 Å². The molecular weight excluding hydrogens is 234 g/mol. The van der Waals surface area contributed by atoms with Crippen molar-refractivity contribution >= 4 is 5.69 Å². The zero-order chi connectivity index (χ0) is 13.5. The number of nitrogens with one attached hydrogen (secondary N) is 1. The minimum Gasteiger partial charge on any atom is -0.387 e. The summed E-state index contributed by atoms with van der Waals surface area (Å²) in [5.74, 6) is 0. The molecule has 0 fully saturated rings. The molecular formula is C17H21NO. The van der Waals surface area contributed by atoms with Gasteiger partial charge in [0, 0.05) is 12.2 Å². The largest absolute Gasteiger partial charge is 0.387 e. The average Bonchev–Trinajstić information content (AvgIpc) is 2.47. The predicted octanol–water partition coefficient (Wildman–Crippen LogP) is 3.78. The predicted molar refractivity (Wildman–Crippen MR) is 80.3 cm³/mol. The highest BCUT2D eigenvalue weighted by Crippen LogP contribution is 2.16. The van der Waals surface area contributed by atoms with Crippen molar-refractivity contribution in [1.82, 2.24) is 0 Å². The van der Waals surface area contributed by atoms with Crippen LogP contribution >= 0.6 is 0 Å². The molecule has 0 amide bonds. The van der Waals surface area contributed by atoms with Crippen LogP contribution in [-0.2, 0) is 6.42 Å². The van der Waals surface area contributed by atoms with Crippen molar-refractivity contribution in [2.24, 2.45) is 0 Å². The molecule has 0 radical (unpaired) electrons. The molecule has 0 aromatic heterocycles. The Morgan fingerprint density at radius 1 is 1.00 bits per heavy atom. The van der Waals surface area contributed by atoms with Crippen molar-refractivity contribution in [1.29, 1.82) is 0 Å². The Balaban J connectivity index is 1.90. The van der Waals surface area contributed by atoms with Crippen molar-refractivity contribution in [3.05, 3.63) is 65.7 Å². The Bertz CT molecular complexity index is 478. The maximum Gasteiger partial charge on any atom is 0.0962 e. The number of aryl methyl sites for hydroxylation is 1. The van der Waals surface area contributed by atoms with Crippen molar-refractivity contribution in [2.75, 3.05) is 11.9 Å². The van der Waals surface area contributed by atoms with E-state index >= 15 is 0 Å². The van der Waals surface area contributed by atoms with Crippen LogP contribution in [-0.4, -0.2) is 11.7 Å². The molecule has 19 heavy (non-hydrogen) atoms. The highest BCUT2D eigenvalue weighted by Gasteiger charge is 2.06. The van der Waals surface area contributed by atoms with Crippen LogP contribution in [0.25, 0.3) is 0 Å². The lowest BCUT2D eigenvalue weighted by Gasteiger charge is -2.13. The molecule has 0 aliphatic rings. The Hall–Kier alpha value is -1.80. The zero-order valence-electron chi connectivity index (χ0n) is 11.3. The topological polar surface area (TPSA) is 32.3 Å². The fourth-order valence-electron chi connectivity index (χ4n) is 2.08. The summed E-state index contributed by atoms with van der Waals surface area (Å²) in [5, 5.41) is 13.4. The van der Waals surface area contributed by atoms with E-state index in [4.69, 9.17) is 0 Å². The van der Waals surface area contributed by atoms with Gasteiger partial charge in [0.05, 0.1) is 6.10 Å². The van der Waals surface area contributed by atoms with E-state index < -0.39 is 6.10 Å². The SMILES string of the molecule is CCCc1ccc(C(O)CNc2ccccc2)cc1. The normalized spacial score (nSPS) is 12.1. The number of anilines is 1. The third-order valence-corrected chi connectivity index (χ3v) is 3.18. The second-order valence-electron chi connectivity index (χ2n) is 4.75. The lowest BCUT2D eigenvalue weighted by molar-refractivity contribution is 0.191. The summed E-state index contributed by atoms with van der Waals surface area (Å²) >= 11 is 0. The Morgan fingerprint density at radius 2 is 1.68 bits per heavy atom. The number of para-hydroxylation sites is 1. The van der Waals surface area contributed by atoms with Crippen LogP contribution in [0.5, 0.6) is 0 Å². The van der Waals surface area contributed by atoms with Crippen LogP contribution in [0.4, 0.5) is 5.69 Å². The van der Waals surface area contributed by atoms with E-state index in [1.807, 2.05) is 42.5 Å². The molecule has 0 aliphatic heterocycles. The van der Waals surface area contributed by atoms with Crippen molar-refractivity contribution in [2.45, 2.75) is 25.9 Å². The monoisotopic (exact) mass is 255 g/mol. The van der Waals surface area contributed by atoms with Gasteiger partial charge in [-0.25, -0.2) is 0 Å². The van der Waals surface area contributed by atoms with E-state index in [1.165, 1.54) is 5.56 Å². The van der Waals surface area contributed by atoms with Crippen molar-refractivity contribution in [3.63, 3.8) is 0 Å². The van der Waals surface area contributed by atoms with Gasteiger partial charge in [-0.3, -0.25) is 0 Å². The summed E-state index contributed by atoms with van der Waals surface area (Å²) in [7, 11) is 0. The van der Waals surface area contributed by atoms with E-state index in [-0.39, 0.29) is 0 Å². The zero-order valence-corrected chi connectivity index (χ0v) is 11.3. The van der Waals surface area contributed by atoms with Gasteiger partial charge in [-0.15, -0.1) is 0 Å². The Labute approximate surface area is 115 Å². The molecule has 0 bridgehead atoms. The summed E-state index contributed by atoms with van der Waals surface area (Å²) < 4.78 is 0. The third kappa shape index (κ3) is 4.11. The summed E-state index contributed by atoms with van der Waals surface area (Å²) in [6.45, 7) is 2.70. The van der Waals surface area contributed by atoms with Crippen LogP contribution in [0.3, 0.4) is 0 Å². The molecule has 0 saturated heterocycles. The van der Waals surface area contributed by atoms with Gasteiger partial charge in [0.25, 0.3) is 0 Å². The molecule has 2 rings (SSSR count). The van der Waals surface area contributed by atoms with Crippen LogP contribution in [0.15, 0.2) is 54.6 Å². The van der Waals surface area contributed by atoms with Crippen LogP contribution in [0, 0.1) is 0 Å². The average molecular weight is 255 g/mol. The van der Waals surface area contributed by atoms with Crippen molar-refractivity contribution in [3.8, 4) is 0 Å². The molecule has 2 N–H and O–H groups in total. The first-order valence-electron chi connectivity index (χ1n) is 6.85. The molecule has 100 valence electrons. The summed E-state index contributed by atoms with van der Waals surface area (Å²) in [4.78, 5) is 0. The second-order valence-corrected chi connectivity index (χ2v) is 4.75. The smallest absolute Gasteiger partial charge is 0.0962 e. The molecule has 0 spiro atoms. The summed E-state index contributed by atoms with van der Waals surface area (Å²) in [6, 6.07) is 18.2. The van der Waals surface area contributed by atoms with Crippen molar-refractivity contribution < 1.29 is 5.11 Å². The molecule has 2 aromatic rings. The minimum atomic E-state index is -0.476. The highest BCUT2D eigenvalue weighted by molar-refractivity contribution is 5.42. The first-order valence-corrected chi connectivity index (χ1v) is 6.85. The lowest BCUT2D eigenvalue weighted by atomic mass is 10.0. The molecule has 0 saturated carbocycles. The van der Waals surface area contributed by atoms with E-state index in [0.29, 0.717) is 6.54 Å². The molecule has 1 atom stereocenters. The molecule has 2 aromatic carbocycles. The maximum absolute atomic E-state index is 10.1. The van der Waals surface area contributed by atoms with Crippen LogP contribution in [0.2, 0.25) is 0 Å². The van der Waals surface area contributed by atoms with E-state index in [0.717, 1.165) is 24.1 Å². The second kappa shape index (κ2) is 6.95. The van der Waals surface area contributed by atoms with Gasteiger partial charge in [0.2, 0.25) is 0 Å². The van der Waals surface area contributed by atoms with Gasteiger partial charge in [-0.1, -0.05) is 55.8 Å². The number of aliphatic hydroxyl groups is 1. The fraction of sp³-hybridized carbons (Fsp3) is 0.294. The highest BCUT2D eigenvalue weighted by atomic mass is 16.3. The molecule has 2 nitrogen and oxygen atoms in total. The van der Waals surface area contributed by atoms with Gasteiger partial charge in [0.1, 0.15) is 0 Å². The van der Waals surface area contributed by atoms with Gasteiger partial charge in [-0.2, -0.15) is 0 Å². The standard InChI is InChI=1S/C17H21NO/c1-2-6-14-9-11-15(12-10-14)17(19)13-18-16-7-4-3-5-8-16/h3-5,7-12,17-19H,2,6,13H2,1H3. The number of aliphatic hydroxyl groups excluding tert-OH is 1. The number of hydrogen-bond donors (Lipinski definition) is 2. The van der Waals surface area contributed by atoms with Gasteiger partial charge < -0.3 is 10.4 Å². The molecule has 2 heteroatoms. The van der Waals surface area contributed by atoms with Crippen LogP contribution in [0.1, 0.15) is 30.6 Å². The number of benzene rings is 2. The first kappa shape index (κ1) is 13.6. The van der Waals surface area contributed by atoms with Crippen LogP contribution < -0.4 is 5.32 Å². The van der Waals surface area contributed by atoms with E-state index in [9.17, 15) is 5.11 Å².